The van der Waals surface area contributed by atoms with Crippen molar-refractivity contribution in [3.8, 4) is 0 Å². The molecule has 0 amide bonds. The van der Waals surface area contributed by atoms with Gasteiger partial charge in [-0.1, -0.05) is 35.9 Å². The molecule has 0 bridgehead atoms. The van der Waals surface area contributed by atoms with Gasteiger partial charge in [-0.3, -0.25) is 4.72 Å². The van der Waals surface area contributed by atoms with Gasteiger partial charge in [-0.25, -0.2) is 8.42 Å². The second kappa shape index (κ2) is 6.84. The van der Waals surface area contributed by atoms with Gasteiger partial charge >= 0.3 is 51.4 Å². The van der Waals surface area contributed by atoms with Gasteiger partial charge in [0, 0.05) is 5.69 Å². The largest absolute Gasteiger partial charge is 1.00 e. The molecule has 90 valence electrons. The Labute approximate surface area is 152 Å². The Morgan fingerprint density at radius 3 is 2.06 bits per heavy atom. The van der Waals surface area contributed by atoms with Crippen molar-refractivity contribution in [1.29, 1.82) is 0 Å². The molecule has 0 atom stereocenters. The quantitative estimate of drug-likeness (QED) is 0.802. The molecule has 0 aliphatic carbocycles. The van der Waals surface area contributed by atoms with Crippen molar-refractivity contribution in [3.63, 3.8) is 0 Å². The van der Waals surface area contributed by atoms with Crippen molar-refractivity contribution in [1.82, 2.24) is 0 Å². The average molecular weight is 287 g/mol. The summed E-state index contributed by atoms with van der Waals surface area (Å²) in [5, 5.41) is 0. The van der Waals surface area contributed by atoms with Crippen molar-refractivity contribution < 1.29 is 61.2 Å². The second-order valence-corrected chi connectivity index (χ2v) is 5.47. The van der Waals surface area contributed by atoms with Crippen LogP contribution in [0.4, 0.5) is 5.69 Å². The zero-order valence-electron chi connectivity index (χ0n) is 11.4. The van der Waals surface area contributed by atoms with E-state index in [9.17, 15) is 8.42 Å². The Bertz CT molecular complexity index is 600. The Kier molecular flexibility index (Phi) is 6.03. The number of para-hydroxylation sites is 1. The van der Waals surface area contributed by atoms with Crippen LogP contribution in [-0.2, 0) is 10.0 Å². The van der Waals surface area contributed by atoms with Gasteiger partial charge in [0.05, 0.1) is 4.90 Å². The number of nitrogens with one attached hydrogen (secondary N) is 1. The van der Waals surface area contributed by atoms with Crippen LogP contribution in [0, 0.1) is 6.92 Å². The van der Waals surface area contributed by atoms with Crippen LogP contribution in [0.1, 0.15) is 6.99 Å². The van der Waals surface area contributed by atoms with Gasteiger partial charge in [-0.2, -0.15) is 0 Å². The third kappa shape index (κ3) is 4.19. The van der Waals surface area contributed by atoms with E-state index in [0.717, 1.165) is 5.56 Å². The molecule has 2 rings (SSSR count). The predicted molar refractivity (Wildman–Crippen MR) is 69.5 cm³/mol. The number of anilines is 1. The Hall–Kier alpha value is -0.174. The molecule has 2 aromatic carbocycles. The van der Waals surface area contributed by atoms with E-state index in [1.54, 1.807) is 48.5 Å². The summed E-state index contributed by atoms with van der Waals surface area (Å²) in [6, 6.07) is 15.6. The topological polar surface area (TPSA) is 46.2 Å². The first kappa shape index (κ1) is 15.9. The van der Waals surface area contributed by atoms with Crippen molar-refractivity contribution in [3.05, 3.63) is 60.2 Å². The van der Waals surface area contributed by atoms with E-state index in [1.807, 2.05) is 13.0 Å². The maximum Gasteiger partial charge on any atom is 1.00 e. The van der Waals surface area contributed by atoms with E-state index in [-0.39, 0.29) is 57.7 Å². The molecule has 0 heterocycles. The fraction of sp³-hybridized carbons (Fsp3) is 0.0769. The molecule has 0 aliphatic heterocycles. The smallest absolute Gasteiger partial charge is 1.00 e. The Balaban J connectivity index is 0.00000162. The molecule has 18 heavy (non-hydrogen) atoms. The number of aryl methyl sites for hydroxylation is 1. The van der Waals surface area contributed by atoms with Crippen molar-refractivity contribution in [2.24, 2.45) is 0 Å². The molecular formula is C13H14KNO2S. The summed E-state index contributed by atoms with van der Waals surface area (Å²) in [5.74, 6) is 0. The van der Waals surface area contributed by atoms with E-state index in [1.165, 1.54) is 0 Å². The van der Waals surface area contributed by atoms with Gasteiger partial charge in [0.25, 0.3) is 10.0 Å². The standard InChI is InChI=1S/C13H13NO2S.K.H/c1-11-7-9-13(10-8-11)17(15,16)14-12-5-3-2-4-6-12;;/h2-10,14H,1H3;;/q;+1;-1. The van der Waals surface area contributed by atoms with Crippen LogP contribution >= 0.6 is 0 Å². The molecule has 5 heteroatoms. The predicted octanol–water partition coefficient (Wildman–Crippen LogP) is -0.0877. The molecule has 0 aliphatic rings. The number of hydrogen-bond donors (Lipinski definition) is 1. The molecule has 1 N–H and O–H groups in total. The van der Waals surface area contributed by atoms with Crippen molar-refractivity contribution >= 4 is 15.7 Å². The molecule has 0 saturated heterocycles. The number of benzene rings is 2. The summed E-state index contributed by atoms with van der Waals surface area (Å²) < 4.78 is 26.5. The summed E-state index contributed by atoms with van der Waals surface area (Å²) in [6.07, 6.45) is 0. The first-order chi connectivity index (χ1) is 8.08. The minimum Gasteiger partial charge on any atom is -1.00 e. The first-order valence-electron chi connectivity index (χ1n) is 5.22. The average Bonchev–Trinajstić information content (AvgIpc) is 2.30. The van der Waals surface area contributed by atoms with Gasteiger partial charge in [0.15, 0.2) is 0 Å². The van der Waals surface area contributed by atoms with E-state index >= 15 is 0 Å². The maximum absolute atomic E-state index is 12.0. The fourth-order valence-corrected chi connectivity index (χ4v) is 2.50. The fourth-order valence-electron chi connectivity index (χ4n) is 1.44. The molecule has 0 saturated carbocycles. The monoisotopic (exact) mass is 287 g/mol. The zero-order valence-corrected chi connectivity index (χ0v) is 14.4. The summed E-state index contributed by atoms with van der Waals surface area (Å²) in [4.78, 5) is 0.270. The number of hydrogen-bond acceptors (Lipinski definition) is 2. The molecule has 0 fully saturated rings. The summed E-state index contributed by atoms with van der Waals surface area (Å²) in [6.45, 7) is 1.92. The maximum atomic E-state index is 12.0. The SMILES string of the molecule is Cc1ccc(S(=O)(=O)Nc2ccccc2)cc1.[H-].[K+]. The third-order valence-electron chi connectivity index (χ3n) is 2.36. The molecule has 0 spiro atoms. The van der Waals surface area contributed by atoms with Gasteiger partial charge in [0.2, 0.25) is 0 Å². The van der Waals surface area contributed by atoms with E-state index in [2.05, 4.69) is 4.72 Å². The summed E-state index contributed by atoms with van der Waals surface area (Å²) in [7, 11) is -3.48. The summed E-state index contributed by atoms with van der Waals surface area (Å²) in [5.41, 5.74) is 1.59. The molecule has 2 aromatic rings. The van der Waals surface area contributed by atoms with Crippen LogP contribution in [0.5, 0.6) is 0 Å². The van der Waals surface area contributed by atoms with E-state index in [0.29, 0.717) is 5.69 Å². The van der Waals surface area contributed by atoms with Gasteiger partial charge < -0.3 is 1.43 Å². The Morgan fingerprint density at radius 2 is 1.50 bits per heavy atom. The molecule has 0 aromatic heterocycles. The zero-order chi connectivity index (χ0) is 12.3. The van der Waals surface area contributed by atoms with Gasteiger partial charge in [-0.15, -0.1) is 0 Å². The van der Waals surface area contributed by atoms with E-state index < -0.39 is 10.0 Å². The van der Waals surface area contributed by atoms with Gasteiger partial charge in [0.1, 0.15) is 0 Å². The van der Waals surface area contributed by atoms with Crippen LogP contribution in [0.25, 0.3) is 0 Å². The van der Waals surface area contributed by atoms with Crippen LogP contribution in [0.3, 0.4) is 0 Å². The minimum atomic E-state index is -3.48. The van der Waals surface area contributed by atoms with E-state index in [4.69, 9.17) is 0 Å². The third-order valence-corrected chi connectivity index (χ3v) is 3.75. The van der Waals surface area contributed by atoms with Crippen molar-refractivity contribution in [2.45, 2.75) is 11.8 Å². The van der Waals surface area contributed by atoms with Gasteiger partial charge in [-0.05, 0) is 31.2 Å². The van der Waals surface area contributed by atoms with Crippen LogP contribution in [-0.4, -0.2) is 8.42 Å². The van der Waals surface area contributed by atoms with Crippen molar-refractivity contribution in [2.75, 3.05) is 4.72 Å². The molecule has 3 nitrogen and oxygen atoms in total. The van der Waals surface area contributed by atoms with Crippen LogP contribution in [0.2, 0.25) is 0 Å². The minimum absolute atomic E-state index is 0. The molecule has 0 radical (unpaired) electrons. The Morgan fingerprint density at radius 1 is 0.944 bits per heavy atom. The normalized spacial score (nSPS) is 10.5. The molecular weight excluding hydrogens is 273 g/mol. The number of rotatable bonds is 3. The molecule has 0 unspecified atom stereocenters. The van der Waals surface area contributed by atoms with Crippen LogP contribution in [0.15, 0.2) is 59.5 Å². The summed E-state index contributed by atoms with van der Waals surface area (Å²) >= 11 is 0. The first-order valence-corrected chi connectivity index (χ1v) is 6.71. The van der Waals surface area contributed by atoms with Crippen LogP contribution < -0.4 is 56.1 Å². The second-order valence-electron chi connectivity index (χ2n) is 3.78. The number of sulfonamides is 1.